The van der Waals surface area contributed by atoms with E-state index in [2.05, 4.69) is 19.2 Å². The lowest BCUT2D eigenvalue weighted by Gasteiger charge is -2.25. The number of hydrogen-bond acceptors (Lipinski definition) is 1. The lowest BCUT2D eigenvalue weighted by Crippen LogP contribution is -2.24. The molecule has 16 heavy (non-hydrogen) atoms. The normalized spacial score (nSPS) is 13.1. The fourth-order valence-electron chi connectivity index (χ4n) is 2.30. The molecule has 1 rings (SSSR count). The molecule has 0 saturated heterocycles. The second-order valence-corrected chi connectivity index (χ2v) is 4.35. The number of halogens is 1. The largest absolute Gasteiger partial charge is 0.313 e. The quantitative estimate of drug-likeness (QED) is 0.800. The van der Waals surface area contributed by atoms with Crippen molar-refractivity contribution in [2.24, 2.45) is 5.92 Å². The molecule has 1 unspecified atom stereocenters. The van der Waals surface area contributed by atoms with Crippen LogP contribution in [0.2, 0.25) is 0 Å². The Labute approximate surface area is 98.1 Å². The molecule has 90 valence electrons. The molecule has 0 aliphatic heterocycles. The summed E-state index contributed by atoms with van der Waals surface area (Å²) in [4.78, 5) is 0. The summed E-state index contributed by atoms with van der Waals surface area (Å²) in [6.45, 7) is 6.22. The molecule has 0 aromatic heterocycles. The molecule has 0 saturated carbocycles. The van der Waals surface area contributed by atoms with Crippen LogP contribution in [0.15, 0.2) is 18.2 Å². The molecular weight excluding hydrogens is 201 g/mol. The second kappa shape index (κ2) is 6.00. The molecule has 1 N–H and O–H groups in total. The second-order valence-electron chi connectivity index (χ2n) is 4.35. The van der Waals surface area contributed by atoms with Gasteiger partial charge >= 0.3 is 0 Å². The Morgan fingerprint density at radius 2 is 1.88 bits per heavy atom. The highest BCUT2D eigenvalue weighted by Crippen LogP contribution is 2.27. The van der Waals surface area contributed by atoms with Gasteiger partial charge in [0, 0.05) is 6.04 Å². The van der Waals surface area contributed by atoms with E-state index in [4.69, 9.17) is 0 Å². The minimum Gasteiger partial charge on any atom is -0.313 e. The van der Waals surface area contributed by atoms with Gasteiger partial charge in [0.05, 0.1) is 0 Å². The Morgan fingerprint density at radius 1 is 1.25 bits per heavy atom. The Hall–Kier alpha value is -0.890. The summed E-state index contributed by atoms with van der Waals surface area (Å²) in [5, 5.41) is 3.34. The average Bonchev–Trinajstić information content (AvgIpc) is 2.29. The molecule has 1 nitrogen and oxygen atoms in total. The minimum absolute atomic E-state index is 0.122. The van der Waals surface area contributed by atoms with Gasteiger partial charge in [-0.15, -0.1) is 0 Å². The third-order valence-corrected chi connectivity index (χ3v) is 3.37. The van der Waals surface area contributed by atoms with Crippen molar-refractivity contribution < 1.29 is 4.39 Å². The summed E-state index contributed by atoms with van der Waals surface area (Å²) < 4.78 is 13.2. The smallest absolute Gasteiger partial charge is 0.126 e. The first kappa shape index (κ1) is 13.2. The molecule has 2 heteroatoms. The number of rotatable bonds is 5. The molecule has 0 aliphatic rings. The van der Waals surface area contributed by atoms with Crippen LogP contribution in [0.5, 0.6) is 0 Å². The Kier molecular flexibility index (Phi) is 4.94. The zero-order chi connectivity index (χ0) is 12.1. The first-order valence-corrected chi connectivity index (χ1v) is 6.07. The molecule has 1 aromatic carbocycles. The van der Waals surface area contributed by atoms with Crippen LogP contribution in [-0.4, -0.2) is 7.05 Å². The lowest BCUT2D eigenvalue weighted by molar-refractivity contribution is 0.359. The van der Waals surface area contributed by atoms with Gasteiger partial charge in [-0.2, -0.15) is 0 Å². The van der Waals surface area contributed by atoms with Crippen molar-refractivity contribution in [3.8, 4) is 0 Å². The fourth-order valence-corrected chi connectivity index (χ4v) is 2.30. The van der Waals surface area contributed by atoms with Crippen molar-refractivity contribution in [1.29, 1.82) is 0 Å². The van der Waals surface area contributed by atoms with E-state index in [1.807, 2.05) is 26.1 Å². The van der Waals surface area contributed by atoms with Crippen molar-refractivity contribution in [2.45, 2.75) is 39.7 Å². The zero-order valence-corrected chi connectivity index (χ0v) is 10.7. The average molecular weight is 223 g/mol. The van der Waals surface area contributed by atoms with Crippen molar-refractivity contribution in [2.75, 3.05) is 7.05 Å². The number of hydrogen-bond donors (Lipinski definition) is 1. The van der Waals surface area contributed by atoms with Gasteiger partial charge in [-0.3, -0.25) is 0 Å². The third kappa shape index (κ3) is 2.82. The van der Waals surface area contributed by atoms with Gasteiger partial charge < -0.3 is 5.32 Å². The first-order valence-electron chi connectivity index (χ1n) is 6.07. The summed E-state index contributed by atoms with van der Waals surface area (Å²) >= 11 is 0. The maximum atomic E-state index is 13.2. The number of benzene rings is 1. The highest BCUT2D eigenvalue weighted by atomic mass is 19.1. The standard InChI is InChI=1S/C14H22FN/c1-5-11(6-2)14(16-4)12-7-8-13(15)10(3)9-12/h7-9,11,14,16H,5-6H2,1-4H3. The van der Waals surface area contributed by atoms with Crippen LogP contribution >= 0.6 is 0 Å². The summed E-state index contributed by atoms with van der Waals surface area (Å²) in [6.07, 6.45) is 2.27. The maximum Gasteiger partial charge on any atom is 0.126 e. The SMILES string of the molecule is CCC(CC)C(NC)c1ccc(F)c(C)c1. The lowest BCUT2D eigenvalue weighted by atomic mass is 9.88. The highest BCUT2D eigenvalue weighted by Gasteiger charge is 2.18. The molecule has 0 heterocycles. The van der Waals surface area contributed by atoms with Gasteiger partial charge in [-0.25, -0.2) is 4.39 Å². The number of nitrogens with one attached hydrogen (secondary N) is 1. The Balaban J connectivity index is 2.98. The molecule has 0 amide bonds. The molecule has 0 bridgehead atoms. The van der Waals surface area contributed by atoms with E-state index in [0.29, 0.717) is 12.0 Å². The van der Waals surface area contributed by atoms with E-state index in [0.717, 1.165) is 18.4 Å². The van der Waals surface area contributed by atoms with Crippen molar-refractivity contribution in [3.63, 3.8) is 0 Å². The summed E-state index contributed by atoms with van der Waals surface area (Å²) in [6, 6.07) is 5.74. The third-order valence-electron chi connectivity index (χ3n) is 3.37. The molecule has 1 aromatic rings. The predicted molar refractivity (Wildman–Crippen MR) is 67.0 cm³/mol. The van der Waals surface area contributed by atoms with Gasteiger partial charge in [0.15, 0.2) is 0 Å². The first-order chi connectivity index (χ1) is 7.63. The summed E-state index contributed by atoms with van der Waals surface area (Å²) in [7, 11) is 1.97. The van der Waals surface area contributed by atoms with Gasteiger partial charge in [0.25, 0.3) is 0 Å². The molecule has 1 atom stereocenters. The van der Waals surface area contributed by atoms with Crippen molar-refractivity contribution in [3.05, 3.63) is 35.1 Å². The Bertz CT molecular complexity index is 332. The molecular formula is C14H22FN. The molecule has 0 fully saturated rings. The van der Waals surface area contributed by atoms with Gasteiger partial charge in [0.1, 0.15) is 5.82 Å². The van der Waals surface area contributed by atoms with Crippen LogP contribution in [0.25, 0.3) is 0 Å². The van der Waals surface area contributed by atoms with Crippen LogP contribution < -0.4 is 5.32 Å². The van der Waals surface area contributed by atoms with Crippen LogP contribution in [0, 0.1) is 18.7 Å². The topological polar surface area (TPSA) is 12.0 Å². The molecule has 0 radical (unpaired) electrons. The van der Waals surface area contributed by atoms with Crippen LogP contribution in [-0.2, 0) is 0 Å². The van der Waals surface area contributed by atoms with E-state index in [1.165, 1.54) is 5.56 Å². The van der Waals surface area contributed by atoms with Crippen LogP contribution in [0.3, 0.4) is 0 Å². The fraction of sp³-hybridized carbons (Fsp3) is 0.571. The van der Waals surface area contributed by atoms with Crippen molar-refractivity contribution in [1.82, 2.24) is 5.32 Å². The van der Waals surface area contributed by atoms with Gasteiger partial charge in [0.2, 0.25) is 0 Å². The van der Waals surface area contributed by atoms with Crippen molar-refractivity contribution >= 4 is 0 Å². The van der Waals surface area contributed by atoms with E-state index >= 15 is 0 Å². The predicted octanol–water partition coefficient (Wildman–Crippen LogP) is 3.83. The maximum absolute atomic E-state index is 13.2. The van der Waals surface area contributed by atoms with E-state index in [-0.39, 0.29) is 5.82 Å². The summed E-state index contributed by atoms with van der Waals surface area (Å²) in [5.74, 6) is 0.484. The monoisotopic (exact) mass is 223 g/mol. The van der Waals surface area contributed by atoms with Gasteiger partial charge in [-0.1, -0.05) is 38.8 Å². The number of aryl methyl sites for hydroxylation is 1. The summed E-state index contributed by atoms with van der Waals surface area (Å²) in [5.41, 5.74) is 1.92. The molecule has 0 aliphatic carbocycles. The van der Waals surface area contributed by atoms with E-state index in [9.17, 15) is 4.39 Å². The van der Waals surface area contributed by atoms with Gasteiger partial charge in [-0.05, 0) is 37.1 Å². The zero-order valence-electron chi connectivity index (χ0n) is 10.7. The Morgan fingerprint density at radius 3 is 2.31 bits per heavy atom. The van der Waals surface area contributed by atoms with E-state index < -0.39 is 0 Å². The molecule has 0 spiro atoms. The highest BCUT2D eigenvalue weighted by molar-refractivity contribution is 5.27. The minimum atomic E-state index is -0.122. The van der Waals surface area contributed by atoms with Crippen LogP contribution in [0.1, 0.15) is 43.9 Å². The van der Waals surface area contributed by atoms with E-state index in [1.54, 1.807) is 6.07 Å². The van der Waals surface area contributed by atoms with Crippen LogP contribution in [0.4, 0.5) is 4.39 Å².